The van der Waals surface area contributed by atoms with E-state index in [1.54, 1.807) is 17.0 Å². The van der Waals surface area contributed by atoms with E-state index in [0.29, 0.717) is 10.1 Å². The molecule has 2 aliphatic heterocycles. The second kappa shape index (κ2) is 4.52. The van der Waals surface area contributed by atoms with Gasteiger partial charge in [0.05, 0.1) is 5.69 Å². The molecule has 0 unspecified atom stereocenters. The first-order chi connectivity index (χ1) is 8.68. The predicted octanol–water partition coefficient (Wildman–Crippen LogP) is 2.83. The number of fused-ring (bicyclic) bond motifs is 1. The summed E-state index contributed by atoms with van der Waals surface area (Å²) >= 11 is 11.4. The topological polar surface area (TPSA) is 23.6 Å². The molecular formula is C13H13ClN2OS. The predicted molar refractivity (Wildman–Crippen MR) is 75.9 cm³/mol. The molecular weight excluding hydrogens is 268 g/mol. The first kappa shape index (κ1) is 11.9. The monoisotopic (exact) mass is 280 g/mol. The molecule has 5 heteroatoms. The van der Waals surface area contributed by atoms with Crippen LogP contribution in [0.5, 0.6) is 0 Å². The molecule has 1 aromatic rings. The van der Waals surface area contributed by atoms with Gasteiger partial charge < -0.3 is 4.90 Å². The molecule has 2 saturated heterocycles. The lowest BCUT2D eigenvalue weighted by Gasteiger charge is -2.27. The third-order valence-corrected chi connectivity index (χ3v) is 4.16. The molecule has 2 fully saturated rings. The third-order valence-electron chi connectivity index (χ3n) is 3.51. The van der Waals surface area contributed by atoms with Crippen molar-refractivity contribution in [2.24, 2.45) is 0 Å². The summed E-state index contributed by atoms with van der Waals surface area (Å²) in [6, 6.07) is 7.22. The average Bonchev–Trinajstić information content (AvgIpc) is 2.63. The quantitative estimate of drug-likeness (QED) is 0.739. The number of hydrogen-bond donors (Lipinski definition) is 0. The normalized spacial score (nSPS) is 23.5. The largest absolute Gasteiger partial charge is 0.336 e. The zero-order chi connectivity index (χ0) is 12.7. The number of halogens is 1. The van der Waals surface area contributed by atoms with Gasteiger partial charge >= 0.3 is 0 Å². The number of hydrogen-bond acceptors (Lipinski definition) is 2. The molecule has 18 heavy (non-hydrogen) atoms. The fourth-order valence-corrected chi connectivity index (χ4v) is 3.24. The zero-order valence-electron chi connectivity index (χ0n) is 9.80. The Kier molecular flexibility index (Phi) is 2.99. The molecule has 0 spiro atoms. The first-order valence-corrected chi connectivity index (χ1v) is 6.87. The fourth-order valence-electron chi connectivity index (χ4n) is 2.64. The van der Waals surface area contributed by atoms with Crippen LogP contribution in [0.4, 0.5) is 5.69 Å². The van der Waals surface area contributed by atoms with Crippen molar-refractivity contribution in [3.05, 3.63) is 29.3 Å². The molecule has 1 atom stereocenters. The lowest BCUT2D eigenvalue weighted by Crippen LogP contribution is -2.38. The van der Waals surface area contributed by atoms with E-state index >= 15 is 0 Å². The average molecular weight is 281 g/mol. The van der Waals surface area contributed by atoms with Gasteiger partial charge in [-0.1, -0.05) is 17.7 Å². The van der Waals surface area contributed by atoms with E-state index in [9.17, 15) is 4.79 Å². The lowest BCUT2D eigenvalue weighted by molar-refractivity contribution is -0.120. The highest BCUT2D eigenvalue weighted by molar-refractivity contribution is 7.80. The summed E-state index contributed by atoms with van der Waals surface area (Å²) in [4.78, 5) is 16.1. The first-order valence-electron chi connectivity index (χ1n) is 6.08. The summed E-state index contributed by atoms with van der Waals surface area (Å²) in [5.74, 6) is 0.0852. The molecule has 0 radical (unpaired) electrons. The summed E-state index contributed by atoms with van der Waals surface area (Å²) in [5, 5.41) is 1.24. The lowest BCUT2D eigenvalue weighted by atomic mass is 10.0. The van der Waals surface area contributed by atoms with Crippen LogP contribution in [-0.2, 0) is 4.79 Å². The minimum Gasteiger partial charge on any atom is -0.336 e. The van der Waals surface area contributed by atoms with Crippen molar-refractivity contribution in [1.29, 1.82) is 0 Å². The van der Waals surface area contributed by atoms with Gasteiger partial charge in [-0.2, -0.15) is 0 Å². The summed E-state index contributed by atoms with van der Waals surface area (Å²) in [6.07, 6.45) is 3.10. The maximum atomic E-state index is 12.4. The Morgan fingerprint density at radius 1 is 1.33 bits per heavy atom. The Hall–Kier alpha value is -1.13. The third kappa shape index (κ3) is 1.80. The molecule has 3 nitrogen and oxygen atoms in total. The van der Waals surface area contributed by atoms with Crippen molar-refractivity contribution >= 4 is 40.5 Å². The number of piperidine rings is 1. The number of rotatable bonds is 1. The molecule has 1 amide bonds. The van der Waals surface area contributed by atoms with Crippen molar-refractivity contribution in [2.75, 3.05) is 11.4 Å². The van der Waals surface area contributed by atoms with Gasteiger partial charge in [-0.05, 0) is 49.7 Å². The van der Waals surface area contributed by atoms with Crippen LogP contribution in [0.1, 0.15) is 19.3 Å². The molecule has 94 valence electrons. The zero-order valence-corrected chi connectivity index (χ0v) is 11.4. The van der Waals surface area contributed by atoms with Crippen molar-refractivity contribution in [2.45, 2.75) is 25.3 Å². The highest BCUT2D eigenvalue weighted by Crippen LogP contribution is 2.31. The van der Waals surface area contributed by atoms with Gasteiger partial charge in [-0.15, -0.1) is 0 Å². The standard InChI is InChI=1S/C13H13ClN2OS/c14-9-4-3-5-10(8-9)16-12(17)11-6-1-2-7-15(11)13(16)18/h3-5,8,11H,1-2,6-7H2/t11-/m0/s1. The van der Waals surface area contributed by atoms with Crippen LogP contribution in [0.15, 0.2) is 24.3 Å². The maximum Gasteiger partial charge on any atom is 0.256 e. The van der Waals surface area contributed by atoms with E-state index in [1.165, 1.54) is 0 Å². The molecule has 0 bridgehead atoms. The minimum absolute atomic E-state index is 0.0646. The number of carbonyl (C=O) groups is 1. The minimum atomic E-state index is -0.0646. The number of carbonyl (C=O) groups excluding carboxylic acids is 1. The number of amides is 1. The Morgan fingerprint density at radius 3 is 2.89 bits per heavy atom. The van der Waals surface area contributed by atoms with Gasteiger partial charge in [-0.3, -0.25) is 9.69 Å². The highest BCUT2D eigenvalue weighted by atomic mass is 35.5. The summed E-state index contributed by atoms with van der Waals surface area (Å²) in [6.45, 7) is 0.881. The van der Waals surface area contributed by atoms with Crippen molar-refractivity contribution < 1.29 is 4.79 Å². The van der Waals surface area contributed by atoms with Gasteiger partial charge in [0.1, 0.15) is 6.04 Å². The van der Waals surface area contributed by atoms with Crippen LogP contribution in [0, 0.1) is 0 Å². The number of benzene rings is 1. The van der Waals surface area contributed by atoms with Crippen LogP contribution in [-0.4, -0.2) is 28.5 Å². The number of anilines is 1. The molecule has 0 aliphatic carbocycles. The smallest absolute Gasteiger partial charge is 0.256 e. The summed E-state index contributed by atoms with van der Waals surface area (Å²) in [5.41, 5.74) is 0.770. The van der Waals surface area contributed by atoms with Gasteiger partial charge in [0.25, 0.3) is 5.91 Å². The van der Waals surface area contributed by atoms with E-state index in [2.05, 4.69) is 0 Å². The Morgan fingerprint density at radius 2 is 2.17 bits per heavy atom. The van der Waals surface area contributed by atoms with Gasteiger partial charge in [0.15, 0.2) is 5.11 Å². The molecule has 2 aliphatic rings. The molecule has 2 heterocycles. The summed E-state index contributed by atoms with van der Waals surface area (Å²) < 4.78 is 0. The second-order valence-corrected chi connectivity index (χ2v) is 5.44. The fraction of sp³-hybridized carbons (Fsp3) is 0.385. The molecule has 0 N–H and O–H groups in total. The van der Waals surface area contributed by atoms with Crippen LogP contribution in [0.2, 0.25) is 5.02 Å². The molecule has 3 rings (SSSR count). The second-order valence-electron chi connectivity index (χ2n) is 4.64. The van der Waals surface area contributed by atoms with Crippen LogP contribution < -0.4 is 4.90 Å². The van der Waals surface area contributed by atoms with Crippen molar-refractivity contribution in [1.82, 2.24) is 4.90 Å². The number of thiocarbonyl (C=S) groups is 1. The van der Waals surface area contributed by atoms with E-state index < -0.39 is 0 Å². The van der Waals surface area contributed by atoms with Crippen LogP contribution >= 0.6 is 23.8 Å². The highest BCUT2D eigenvalue weighted by Gasteiger charge is 2.43. The summed E-state index contributed by atoms with van der Waals surface area (Å²) in [7, 11) is 0. The molecule has 1 aromatic carbocycles. The Balaban J connectivity index is 1.97. The molecule has 0 saturated carbocycles. The van der Waals surface area contributed by atoms with E-state index in [-0.39, 0.29) is 11.9 Å². The van der Waals surface area contributed by atoms with Crippen LogP contribution in [0.3, 0.4) is 0 Å². The Bertz CT molecular complexity index is 495. The Labute approximate surface area is 116 Å². The van der Waals surface area contributed by atoms with Crippen molar-refractivity contribution in [3.63, 3.8) is 0 Å². The maximum absolute atomic E-state index is 12.4. The van der Waals surface area contributed by atoms with Crippen molar-refractivity contribution in [3.8, 4) is 0 Å². The van der Waals surface area contributed by atoms with Gasteiger partial charge in [-0.25, -0.2) is 0 Å². The van der Waals surface area contributed by atoms with Gasteiger partial charge in [0, 0.05) is 11.6 Å². The number of nitrogens with zero attached hydrogens (tertiary/aromatic N) is 2. The van der Waals surface area contributed by atoms with E-state index in [0.717, 1.165) is 31.5 Å². The van der Waals surface area contributed by atoms with Crippen LogP contribution in [0.25, 0.3) is 0 Å². The van der Waals surface area contributed by atoms with E-state index in [4.69, 9.17) is 23.8 Å². The molecule has 0 aromatic heterocycles. The van der Waals surface area contributed by atoms with Gasteiger partial charge in [0.2, 0.25) is 0 Å². The SMILES string of the molecule is O=C1[C@@H]2CCCCN2C(=S)N1c1cccc(Cl)c1. The van der Waals surface area contributed by atoms with E-state index in [1.807, 2.05) is 17.0 Å².